The van der Waals surface area contributed by atoms with Crippen LogP contribution in [0, 0.1) is 0 Å². The van der Waals surface area contributed by atoms with Crippen LogP contribution in [-0.4, -0.2) is 50.3 Å². The number of rotatable bonds is 10. The second-order valence-corrected chi connectivity index (χ2v) is 11.1. The molecule has 0 radical (unpaired) electrons. The molecular formula is C26H25N5O6S3. The SMILES string of the molecule is CCOC(=O)c1cc(-c2ccccc2)sc1NC(=S)Nc1ccc(S(=O)(=O)Nc2cc(OC)nc(OC)n2)cc1. The lowest BCUT2D eigenvalue weighted by Gasteiger charge is -2.12. The van der Waals surface area contributed by atoms with Crippen molar-refractivity contribution < 1.29 is 27.4 Å². The van der Waals surface area contributed by atoms with Crippen molar-refractivity contribution in [3.05, 3.63) is 72.3 Å². The third-order valence-electron chi connectivity index (χ3n) is 5.25. The zero-order chi connectivity index (χ0) is 28.7. The van der Waals surface area contributed by atoms with Crippen LogP contribution < -0.4 is 24.8 Å². The van der Waals surface area contributed by atoms with Crippen LogP contribution in [0.5, 0.6) is 11.9 Å². The fourth-order valence-electron chi connectivity index (χ4n) is 3.42. The number of methoxy groups -OCH3 is 2. The molecule has 0 atom stereocenters. The van der Waals surface area contributed by atoms with Crippen LogP contribution in [0.1, 0.15) is 17.3 Å². The molecule has 3 N–H and O–H groups in total. The minimum Gasteiger partial charge on any atom is -0.481 e. The molecule has 11 nitrogen and oxygen atoms in total. The lowest BCUT2D eigenvalue weighted by molar-refractivity contribution is 0.0528. The number of nitrogens with zero attached hydrogens (tertiary/aromatic N) is 2. The van der Waals surface area contributed by atoms with E-state index in [4.69, 9.17) is 26.4 Å². The van der Waals surface area contributed by atoms with Crippen molar-refractivity contribution in [2.45, 2.75) is 11.8 Å². The first kappa shape index (κ1) is 28.7. The van der Waals surface area contributed by atoms with E-state index in [0.29, 0.717) is 16.3 Å². The monoisotopic (exact) mass is 599 g/mol. The Kier molecular flexibility index (Phi) is 9.14. The highest BCUT2D eigenvalue weighted by Gasteiger charge is 2.20. The topological polar surface area (TPSA) is 141 Å². The van der Waals surface area contributed by atoms with Crippen LogP contribution in [-0.2, 0) is 14.8 Å². The highest BCUT2D eigenvalue weighted by molar-refractivity contribution is 7.92. The number of sulfonamides is 1. The Bertz CT molecular complexity index is 1590. The number of aromatic nitrogens is 2. The molecule has 0 spiro atoms. The number of carbonyl (C=O) groups excluding carboxylic acids is 1. The predicted octanol–water partition coefficient (Wildman–Crippen LogP) is 5.01. The summed E-state index contributed by atoms with van der Waals surface area (Å²) in [4.78, 5) is 21.4. The van der Waals surface area contributed by atoms with Gasteiger partial charge in [0.1, 0.15) is 5.00 Å². The average Bonchev–Trinajstić information content (AvgIpc) is 3.37. The molecule has 2 aromatic heterocycles. The van der Waals surface area contributed by atoms with Gasteiger partial charge in [0.15, 0.2) is 10.9 Å². The predicted molar refractivity (Wildman–Crippen MR) is 158 cm³/mol. The number of esters is 1. The van der Waals surface area contributed by atoms with Crippen LogP contribution in [0.2, 0.25) is 0 Å². The lowest BCUT2D eigenvalue weighted by atomic mass is 10.1. The lowest BCUT2D eigenvalue weighted by Crippen LogP contribution is -2.20. The Labute approximate surface area is 240 Å². The van der Waals surface area contributed by atoms with Gasteiger partial charge in [-0.3, -0.25) is 4.72 Å². The van der Waals surface area contributed by atoms with Crippen LogP contribution in [0.25, 0.3) is 10.4 Å². The smallest absolute Gasteiger partial charge is 0.341 e. The summed E-state index contributed by atoms with van der Waals surface area (Å²) >= 11 is 6.82. The first-order valence-corrected chi connectivity index (χ1v) is 14.5. The number of nitrogens with one attached hydrogen (secondary N) is 3. The summed E-state index contributed by atoms with van der Waals surface area (Å²) in [6, 6.07) is 18.6. The molecule has 0 bridgehead atoms. The molecule has 0 fully saturated rings. The molecule has 0 saturated carbocycles. The molecule has 4 rings (SSSR count). The number of thiophene rings is 1. The van der Waals surface area contributed by atoms with Gasteiger partial charge in [-0.2, -0.15) is 9.97 Å². The van der Waals surface area contributed by atoms with Crippen molar-refractivity contribution in [3.8, 4) is 22.3 Å². The van der Waals surface area contributed by atoms with E-state index in [-0.39, 0.29) is 34.3 Å². The number of hydrogen-bond acceptors (Lipinski definition) is 10. The third-order valence-corrected chi connectivity index (χ3v) is 7.92. The van der Waals surface area contributed by atoms with Gasteiger partial charge in [0, 0.05) is 16.6 Å². The second kappa shape index (κ2) is 12.7. The van der Waals surface area contributed by atoms with E-state index in [2.05, 4.69) is 25.3 Å². The van der Waals surface area contributed by atoms with Gasteiger partial charge in [-0.15, -0.1) is 11.3 Å². The normalized spacial score (nSPS) is 10.9. The maximum atomic E-state index is 12.9. The number of carbonyl (C=O) groups is 1. The maximum absolute atomic E-state index is 12.9. The molecule has 2 heterocycles. The molecule has 0 unspecified atom stereocenters. The van der Waals surface area contributed by atoms with Crippen LogP contribution in [0.15, 0.2) is 71.6 Å². The van der Waals surface area contributed by atoms with Crippen LogP contribution >= 0.6 is 23.6 Å². The minimum atomic E-state index is -3.98. The largest absolute Gasteiger partial charge is 0.481 e. The number of benzene rings is 2. The summed E-state index contributed by atoms with van der Waals surface area (Å²) in [7, 11) is -1.23. The molecule has 0 aliphatic carbocycles. The Morgan fingerprint density at radius 2 is 1.70 bits per heavy atom. The summed E-state index contributed by atoms with van der Waals surface area (Å²) in [5.74, 6) is -0.343. The zero-order valence-corrected chi connectivity index (χ0v) is 24.1. The Hall–Kier alpha value is -4.27. The van der Waals surface area contributed by atoms with E-state index in [9.17, 15) is 13.2 Å². The number of anilines is 3. The van der Waals surface area contributed by atoms with E-state index < -0.39 is 16.0 Å². The first-order chi connectivity index (χ1) is 19.2. The molecular weight excluding hydrogens is 575 g/mol. The van der Waals surface area contributed by atoms with E-state index in [1.807, 2.05) is 30.3 Å². The van der Waals surface area contributed by atoms with E-state index in [1.54, 1.807) is 25.1 Å². The van der Waals surface area contributed by atoms with E-state index in [0.717, 1.165) is 10.4 Å². The Morgan fingerprint density at radius 3 is 2.35 bits per heavy atom. The summed E-state index contributed by atoms with van der Waals surface area (Å²) in [6.45, 7) is 1.97. The van der Waals surface area contributed by atoms with Crippen molar-refractivity contribution in [1.29, 1.82) is 0 Å². The van der Waals surface area contributed by atoms with Gasteiger partial charge in [0.25, 0.3) is 10.0 Å². The summed E-state index contributed by atoms with van der Waals surface area (Å²) in [5.41, 5.74) is 1.84. The van der Waals surface area contributed by atoms with Crippen LogP contribution in [0.4, 0.5) is 16.5 Å². The Morgan fingerprint density at radius 1 is 0.975 bits per heavy atom. The van der Waals surface area contributed by atoms with Gasteiger partial charge in [-0.25, -0.2) is 13.2 Å². The highest BCUT2D eigenvalue weighted by atomic mass is 32.2. The van der Waals surface area contributed by atoms with Crippen molar-refractivity contribution in [1.82, 2.24) is 9.97 Å². The fourth-order valence-corrected chi connectivity index (χ4v) is 5.75. The van der Waals surface area contributed by atoms with E-state index >= 15 is 0 Å². The zero-order valence-electron chi connectivity index (χ0n) is 21.6. The van der Waals surface area contributed by atoms with Gasteiger partial charge >= 0.3 is 12.0 Å². The summed E-state index contributed by atoms with van der Waals surface area (Å²) in [6.07, 6.45) is 0. The molecule has 0 amide bonds. The highest BCUT2D eigenvalue weighted by Crippen LogP contribution is 2.36. The molecule has 40 heavy (non-hydrogen) atoms. The molecule has 4 aromatic rings. The van der Waals surface area contributed by atoms with Crippen molar-refractivity contribution in [2.24, 2.45) is 0 Å². The van der Waals surface area contributed by atoms with Gasteiger partial charge in [-0.05, 0) is 55.0 Å². The Balaban J connectivity index is 1.47. The quantitative estimate of drug-likeness (QED) is 0.167. The number of thiocarbonyl (C=S) groups is 1. The van der Waals surface area contributed by atoms with Gasteiger partial charge in [0.2, 0.25) is 5.88 Å². The van der Waals surface area contributed by atoms with E-state index in [1.165, 1.54) is 43.8 Å². The fraction of sp³-hybridized carbons (Fsp3) is 0.154. The van der Waals surface area contributed by atoms with Gasteiger partial charge in [0.05, 0.1) is 31.3 Å². The first-order valence-electron chi connectivity index (χ1n) is 11.8. The molecule has 0 aliphatic heterocycles. The molecule has 14 heteroatoms. The van der Waals surface area contributed by atoms with Crippen molar-refractivity contribution >= 4 is 61.2 Å². The van der Waals surface area contributed by atoms with Crippen molar-refractivity contribution in [2.75, 3.05) is 36.2 Å². The molecule has 2 aromatic carbocycles. The number of ether oxygens (including phenoxy) is 3. The average molecular weight is 600 g/mol. The molecule has 208 valence electrons. The van der Waals surface area contributed by atoms with Crippen molar-refractivity contribution in [3.63, 3.8) is 0 Å². The summed E-state index contributed by atoms with van der Waals surface area (Å²) < 4.78 is 43.4. The molecule has 0 aliphatic rings. The van der Waals surface area contributed by atoms with Gasteiger partial charge < -0.3 is 24.8 Å². The van der Waals surface area contributed by atoms with Gasteiger partial charge in [-0.1, -0.05) is 30.3 Å². The van der Waals surface area contributed by atoms with Crippen LogP contribution in [0.3, 0.4) is 0 Å². The standard InChI is InChI=1S/C26H25N5O6S3/c1-4-37-24(32)19-14-20(16-8-6-5-7-9-16)39-23(19)30-26(38)27-17-10-12-18(13-11-17)40(33,34)31-21-15-22(35-2)29-25(28-21)36-3/h5-15H,4H2,1-3H3,(H2,27,30,38)(H,28,29,31). The minimum absolute atomic E-state index is 0.0103. The second-order valence-electron chi connectivity index (χ2n) is 7.93. The molecule has 0 saturated heterocycles. The maximum Gasteiger partial charge on any atom is 0.341 e. The number of hydrogen-bond donors (Lipinski definition) is 3. The third kappa shape index (κ3) is 7.02. The summed E-state index contributed by atoms with van der Waals surface area (Å²) in [5, 5.41) is 6.79.